The lowest BCUT2D eigenvalue weighted by molar-refractivity contribution is -0.116. The predicted molar refractivity (Wildman–Crippen MR) is 87.9 cm³/mol. The highest BCUT2D eigenvalue weighted by Gasteiger charge is 2.13. The molecule has 0 aliphatic rings. The first-order valence-corrected chi connectivity index (χ1v) is 7.44. The second kappa shape index (κ2) is 8.02. The molecule has 7 heteroatoms. The number of nitrogens with one attached hydrogen (secondary N) is 1. The van der Waals surface area contributed by atoms with E-state index in [1.165, 1.54) is 17.9 Å². The number of benzene rings is 2. The first kappa shape index (κ1) is 18.1. The third-order valence-electron chi connectivity index (χ3n) is 3.47. The SMILES string of the molecule is CC(=O)N(CCNC(=O)c1ccc(F)c(F)c1)c1cccc(C#N)c1. The van der Waals surface area contributed by atoms with Gasteiger partial charge in [0.25, 0.3) is 5.91 Å². The van der Waals surface area contributed by atoms with Crippen molar-refractivity contribution in [2.75, 3.05) is 18.0 Å². The van der Waals surface area contributed by atoms with Crippen LogP contribution in [0.2, 0.25) is 0 Å². The van der Waals surface area contributed by atoms with E-state index in [4.69, 9.17) is 5.26 Å². The second-order valence-electron chi connectivity index (χ2n) is 5.22. The summed E-state index contributed by atoms with van der Waals surface area (Å²) in [4.78, 5) is 25.2. The molecule has 0 spiro atoms. The quantitative estimate of drug-likeness (QED) is 0.907. The average molecular weight is 343 g/mol. The van der Waals surface area contributed by atoms with E-state index in [2.05, 4.69) is 5.32 Å². The Morgan fingerprint density at radius 1 is 1.16 bits per heavy atom. The van der Waals surface area contributed by atoms with Crippen LogP contribution in [0.15, 0.2) is 42.5 Å². The van der Waals surface area contributed by atoms with Crippen LogP contribution in [0, 0.1) is 23.0 Å². The number of hydrogen-bond acceptors (Lipinski definition) is 3. The van der Waals surface area contributed by atoms with Crippen molar-refractivity contribution < 1.29 is 18.4 Å². The zero-order valence-electron chi connectivity index (χ0n) is 13.4. The molecule has 0 aliphatic carbocycles. The molecule has 0 aromatic heterocycles. The molecule has 0 heterocycles. The fraction of sp³-hybridized carbons (Fsp3) is 0.167. The number of amides is 2. The maximum atomic E-state index is 13.2. The summed E-state index contributed by atoms with van der Waals surface area (Å²) in [6, 6.07) is 11.4. The lowest BCUT2D eigenvalue weighted by Gasteiger charge is -2.21. The number of carbonyl (C=O) groups is 2. The molecule has 0 saturated heterocycles. The molecular weight excluding hydrogens is 328 g/mol. The first-order valence-electron chi connectivity index (χ1n) is 7.44. The highest BCUT2D eigenvalue weighted by Crippen LogP contribution is 2.16. The molecule has 5 nitrogen and oxygen atoms in total. The zero-order chi connectivity index (χ0) is 18.4. The molecule has 0 atom stereocenters. The number of carbonyl (C=O) groups excluding carboxylic acids is 2. The number of hydrogen-bond donors (Lipinski definition) is 1. The third kappa shape index (κ3) is 4.61. The Kier molecular flexibility index (Phi) is 5.79. The fourth-order valence-corrected chi connectivity index (χ4v) is 2.23. The van der Waals surface area contributed by atoms with Crippen LogP contribution in [0.25, 0.3) is 0 Å². The van der Waals surface area contributed by atoms with Crippen molar-refractivity contribution in [3.8, 4) is 6.07 Å². The Bertz CT molecular complexity index is 846. The largest absolute Gasteiger partial charge is 0.350 e. The van der Waals surface area contributed by atoms with Gasteiger partial charge in [-0.2, -0.15) is 5.26 Å². The Balaban J connectivity index is 2.02. The first-order chi connectivity index (χ1) is 11.9. The predicted octanol–water partition coefficient (Wildman–Crippen LogP) is 2.62. The number of rotatable bonds is 5. The van der Waals surface area contributed by atoms with E-state index in [-0.39, 0.29) is 24.6 Å². The van der Waals surface area contributed by atoms with E-state index < -0.39 is 17.5 Å². The van der Waals surface area contributed by atoms with Crippen molar-refractivity contribution in [1.29, 1.82) is 5.26 Å². The summed E-state index contributed by atoms with van der Waals surface area (Å²) in [7, 11) is 0. The standard InChI is InChI=1S/C18H15F2N3O2/c1-12(24)23(15-4-2-3-13(9-15)11-21)8-7-22-18(25)14-5-6-16(19)17(20)10-14/h2-6,9-10H,7-8H2,1H3,(H,22,25). The lowest BCUT2D eigenvalue weighted by atomic mass is 10.2. The van der Waals surface area contributed by atoms with Gasteiger partial charge in [0.05, 0.1) is 11.6 Å². The minimum atomic E-state index is -1.11. The normalized spacial score (nSPS) is 10.0. The molecule has 128 valence electrons. The Labute approximate surface area is 143 Å². The molecule has 2 amide bonds. The van der Waals surface area contributed by atoms with Gasteiger partial charge in [0, 0.05) is 31.3 Å². The van der Waals surface area contributed by atoms with Gasteiger partial charge in [0.2, 0.25) is 5.91 Å². The van der Waals surface area contributed by atoms with Gasteiger partial charge in [-0.3, -0.25) is 9.59 Å². The molecule has 1 N–H and O–H groups in total. The third-order valence-corrected chi connectivity index (χ3v) is 3.47. The summed E-state index contributed by atoms with van der Waals surface area (Å²) in [5.74, 6) is -2.96. The van der Waals surface area contributed by atoms with Crippen LogP contribution in [0.3, 0.4) is 0 Å². The Morgan fingerprint density at radius 3 is 2.56 bits per heavy atom. The van der Waals surface area contributed by atoms with Gasteiger partial charge in [-0.05, 0) is 36.4 Å². The number of nitrogens with zero attached hydrogens (tertiary/aromatic N) is 2. The summed E-state index contributed by atoms with van der Waals surface area (Å²) >= 11 is 0. The van der Waals surface area contributed by atoms with Crippen molar-refractivity contribution in [3.05, 3.63) is 65.2 Å². The van der Waals surface area contributed by atoms with Crippen LogP contribution >= 0.6 is 0 Å². The number of halogens is 2. The molecule has 0 unspecified atom stereocenters. The summed E-state index contributed by atoms with van der Waals surface area (Å²) in [6.07, 6.45) is 0. The average Bonchev–Trinajstić information content (AvgIpc) is 2.60. The van der Waals surface area contributed by atoms with Gasteiger partial charge in [0.15, 0.2) is 11.6 Å². The molecule has 0 aliphatic heterocycles. The van der Waals surface area contributed by atoms with Gasteiger partial charge in [-0.15, -0.1) is 0 Å². The molecule has 0 bridgehead atoms. The summed E-state index contributed by atoms with van der Waals surface area (Å²) < 4.78 is 26.0. The molecular formula is C18H15F2N3O2. The van der Waals surface area contributed by atoms with Crippen molar-refractivity contribution in [2.24, 2.45) is 0 Å². The lowest BCUT2D eigenvalue weighted by Crippen LogP contribution is -2.37. The van der Waals surface area contributed by atoms with Crippen molar-refractivity contribution in [2.45, 2.75) is 6.92 Å². The van der Waals surface area contributed by atoms with Gasteiger partial charge in [-0.25, -0.2) is 8.78 Å². The molecule has 25 heavy (non-hydrogen) atoms. The molecule has 0 saturated carbocycles. The number of anilines is 1. The Hall–Kier alpha value is -3.27. The van der Waals surface area contributed by atoms with Gasteiger partial charge >= 0.3 is 0 Å². The smallest absolute Gasteiger partial charge is 0.251 e. The van der Waals surface area contributed by atoms with Crippen molar-refractivity contribution in [3.63, 3.8) is 0 Å². The molecule has 2 aromatic carbocycles. The summed E-state index contributed by atoms with van der Waals surface area (Å²) in [5, 5.41) is 11.5. The van der Waals surface area contributed by atoms with Crippen LogP contribution < -0.4 is 10.2 Å². The van der Waals surface area contributed by atoms with E-state index >= 15 is 0 Å². The highest BCUT2D eigenvalue weighted by molar-refractivity contribution is 5.94. The van der Waals surface area contributed by atoms with E-state index in [1.54, 1.807) is 24.3 Å². The van der Waals surface area contributed by atoms with Crippen LogP contribution in [0.4, 0.5) is 14.5 Å². The molecule has 2 rings (SSSR count). The fourth-order valence-electron chi connectivity index (χ4n) is 2.23. The van der Waals surface area contributed by atoms with Crippen LogP contribution in [0.1, 0.15) is 22.8 Å². The maximum Gasteiger partial charge on any atom is 0.251 e. The topological polar surface area (TPSA) is 73.2 Å². The monoisotopic (exact) mass is 343 g/mol. The van der Waals surface area contributed by atoms with Crippen molar-refractivity contribution >= 4 is 17.5 Å². The van der Waals surface area contributed by atoms with Crippen molar-refractivity contribution in [1.82, 2.24) is 5.32 Å². The van der Waals surface area contributed by atoms with Gasteiger partial charge < -0.3 is 10.2 Å². The van der Waals surface area contributed by atoms with Gasteiger partial charge in [0.1, 0.15) is 0 Å². The minimum Gasteiger partial charge on any atom is -0.350 e. The zero-order valence-corrected chi connectivity index (χ0v) is 13.4. The van der Waals surface area contributed by atoms with Crippen LogP contribution in [0.5, 0.6) is 0 Å². The van der Waals surface area contributed by atoms with Crippen LogP contribution in [-0.2, 0) is 4.79 Å². The Morgan fingerprint density at radius 2 is 1.92 bits per heavy atom. The molecule has 2 aromatic rings. The number of nitriles is 1. The highest BCUT2D eigenvalue weighted by atomic mass is 19.2. The van der Waals surface area contributed by atoms with E-state index in [0.717, 1.165) is 12.1 Å². The van der Waals surface area contributed by atoms with Crippen LogP contribution in [-0.4, -0.2) is 24.9 Å². The van der Waals surface area contributed by atoms with E-state index in [9.17, 15) is 18.4 Å². The summed E-state index contributed by atoms with van der Waals surface area (Å²) in [6.45, 7) is 1.64. The van der Waals surface area contributed by atoms with E-state index in [0.29, 0.717) is 11.3 Å². The maximum absolute atomic E-state index is 13.2. The van der Waals surface area contributed by atoms with Gasteiger partial charge in [-0.1, -0.05) is 6.07 Å². The second-order valence-corrected chi connectivity index (χ2v) is 5.22. The summed E-state index contributed by atoms with van der Waals surface area (Å²) in [5.41, 5.74) is 0.933. The molecule has 0 fully saturated rings. The minimum absolute atomic E-state index is 0.0141. The molecule has 0 radical (unpaired) electrons. The van der Waals surface area contributed by atoms with E-state index in [1.807, 2.05) is 6.07 Å².